The van der Waals surface area contributed by atoms with Crippen molar-refractivity contribution in [2.45, 2.75) is 46.1 Å². The lowest BCUT2D eigenvalue weighted by Gasteiger charge is -2.29. The quantitative estimate of drug-likeness (QED) is 0.282. The summed E-state index contributed by atoms with van der Waals surface area (Å²) in [7, 11) is 3.33. The van der Waals surface area contributed by atoms with Crippen LogP contribution in [-0.2, 0) is 6.42 Å². The van der Waals surface area contributed by atoms with Crippen LogP contribution in [0.5, 0.6) is 11.5 Å². The molecule has 0 amide bonds. The first-order valence-electron chi connectivity index (χ1n) is 10.6. The van der Waals surface area contributed by atoms with Crippen LogP contribution in [0.15, 0.2) is 23.2 Å². The van der Waals surface area contributed by atoms with Gasteiger partial charge in [0.25, 0.3) is 0 Å². The van der Waals surface area contributed by atoms with Crippen LogP contribution < -0.4 is 20.1 Å². The number of benzene rings is 1. The standard InChI is InChI=1S/C22H38N4O2.HI/c1-6-23-22(25-16-19(17(2)3)26-13-7-8-14-26)24-12-11-18-9-10-20(27-4)21(15-18)28-5;/h9-10,15,17,19H,6-8,11-14,16H2,1-5H3,(H2,23,24,25);1H. The molecule has 1 aliphatic heterocycles. The number of hydrogen-bond donors (Lipinski definition) is 2. The van der Waals surface area contributed by atoms with E-state index >= 15 is 0 Å². The van der Waals surface area contributed by atoms with E-state index in [4.69, 9.17) is 14.5 Å². The SMILES string of the molecule is CCNC(=NCC(C(C)C)N1CCCC1)NCCc1ccc(OC)c(OC)c1.I. The van der Waals surface area contributed by atoms with Gasteiger partial charge in [0.05, 0.1) is 20.8 Å². The van der Waals surface area contributed by atoms with Crippen LogP contribution in [0, 0.1) is 5.92 Å². The molecule has 7 heteroatoms. The van der Waals surface area contributed by atoms with Crippen LogP contribution in [0.1, 0.15) is 39.2 Å². The van der Waals surface area contributed by atoms with Crippen LogP contribution in [0.2, 0.25) is 0 Å². The fourth-order valence-electron chi connectivity index (χ4n) is 3.71. The number of guanidine groups is 1. The highest BCUT2D eigenvalue weighted by Crippen LogP contribution is 2.27. The highest BCUT2D eigenvalue weighted by molar-refractivity contribution is 14.0. The Labute approximate surface area is 193 Å². The predicted molar refractivity (Wildman–Crippen MR) is 132 cm³/mol. The zero-order chi connectivity index (χ0) is 20.4. The molecule has 0 radical (unpaired) electrons. The summed E-state index contributed by atoms with van der Waals surface area (Å²) in [4.78, 5) is 7.48. The molecule has 0 spiro atoms. The Morgan fingerprint density at radius 2 is 1.79 bits per heavy atom. The highest BCUT2D eigenvalue weighted by Gasteiger charge is 2.24. The molecule has 0 aromatic heterocycles. The number of hydrogen-bond acceptors (Lipinski definition) is 4. The molecule has 2 rings (SSSR count). The Morgan fingerprint density at radius 3 is 2.38 bits per heavy atom. The molecule has 0 bridgehead atoms. The van der Waals surface area contributed by atoms with Crippen LogP contribution in [0.3, 0.4) is 0 Å². The van der Waals surface area contributed by atoms with Gasteiger partial charge in [0.1, 0.15) is 0 Å². The Bertz CT molecular complexity index is 619. The van der Waals surface area contributed by atoms with Gasteiger partial charge in [-0.25, -0.2) is 0 Å². The lowest BCUT2D eigenvalue weighted by Crippen LogP contribution is -2.42. The number of nitrogens with one attached hydrogen (secondary N) is 2. The maximum Gasteiger partial charge on any atom is 0.191 e. The molecule has 1 saturated heterocycles. The van der Waals surface area contributed by atoms with Gasteiger partial charge in [-0.3, -0.25) is 9.89 Å². The van der Waals surface area contributed by atoms with E-state index in [2.05, 4.69) is 42.4 Å². The number of halogens is 1. The Balaban J connectivity index is 0.00000420. The molecule has 166 valence electrons. The third kappa shape index (κ3) is 8.20. The number of ether oxygens (including phenoxy) is 2. The zero-order valence-corrected chi connectivity index (χ0v) is 21.0. The highest BCUT2D eigenvalue weighted by atomic mass is 127. The van der Waals surface area contributed by atoms with Crippen LogP contribution in [0.4, 0.5) is 0 Å². The van der Waals surface area contributed by atoms with Gasteiger partial charge in [-0.1, -0.05) is 19.9 Å². The summed E-state index contributed by atoms with van der Waals surface area (Å²) in [5, 5.41) is 6.84. The fraction of sp³-hybridized carbons (Fsp3) is 0.682. The summed E-state index contributed by atoms with van der Waals surface area (Å²) in [6, 6.07) is 6.59. The van der Waals surface area contributed by atoms with E-state index in [0.717, 1.165) is 43.5 Å². The maximum atomic E-state index is 5.39. The first-order valence-corrected chi connectivity index (χ1v) is 10.6. The maximum absolute atomic E-state index is 5.39. The van der Waals surface area contributed by atoms with Gasteiger partial charge in [-0.2, -0.15) is 0 Å². The molecule has 1 unspecified atom stereocenters. The average Bonchev–Trinajstić information content (AvgIpc) is 3.22. The molecule has 6 nitrogen and oxygen atoms in total. The molecular weight excluding hydrogens is 479 g/mol. The summed E-state index contributed by atoms with van der Waals surface area (Å²) >= 11 is 0. The molecule has 0 aliphatic carbocycles. The smallest absolute Gasteiger partial charge is 0.191 e. The van der Waals surface area contributed by atoms with E-state index in [9.17, 15) is 0 Å². The van der Waals surface area contributed by atoms with Gasteiger partial charge in [-0.05, 0) is 62.9 Å². The number of aliphatic imine (C=N–C) groups is 1. The second-order valence-electron chi connectivity index (χ2n) is 7.64. The Morgan fingerprint density at radius 1 is 1.10 bits per heavy atom. The third-order valence-electron chi connectivity index (χ3n) is 5.31. The molecule has 1 aromatic rings. The van der Waals surface area contributed by atoms with Crippen LogP contribution in [0.25, 0.3) is 0 Å². The van der Waals surface area contributed by atoms with Crippen molar-refractivity contribution in [2.75, 3.05) is 46.9 Å². The van der Waals surface area contributed by atoms with Gasteiger partial charge in [0.2, 0.25) is 0 Å². The van der Waals surface area contributed by atoms with Crippen LogP contribution >= 0.6 is 24.0 Å². The molecule has 0 saturated carbocycles. The van der Waals surface area contributed by atoms with Gasteiger partial charge in [0.15, 0.2) is 17.5 Å². The summed E-state index contributed by atoms with van der Waals surface area (Å²) in [5.41, 5.74) is 1.21. The molecule has 1 heterocycles. The van der Waals surface area contributed by atoms with Crippen molar-refractivity contribution in [1.29, 1.82) is 0 Å². The van der Waals surface area contributed by atoms with Crippen LogP contribution in [-0.4, -0.2) is 63.8 Å². The summed E-state index contributed by atoms with van der Waals surface area (Å²) in [6.45, 7) is 11.6. The third-order valence-corrected chi connectivity index (χ3v) is 5.31. The van der Waals surface area contributed by atoms with Crippen molar-refractivity contribution in [1.82, 2.24) is 15.5 Å². The van der Waals surface area contributed by atoms with E-state index in [1.165, 1.54) is 31.5 Å². The van der Waals surface area contributed by atoms with E-state index in [1.54, 1.807) is 14.2 Å². The van der Waals surface area contributed by atoms with Crippen molar-refractivity contribution in [3.8, 4) is 11.5 Å². The van der Waals surface area contributed by atoms with Crippen molar-refractivity contribution in [2.24, 2.45) is 10.9 Å². The molecule has 1 fully saturated rings. The van der Waals surface area contributed by atoms with Crippen molar-refractivity contribution in [3.05, 3.63) is 23.8 Å². The summed E-state index contributed by atoms with van der Waals surface area (Å²) in [5.74, 6) is 3.03. The molecular formula is C22H39IN4O2. The molecule has 29 heavy (non-hydrogen) atoms. The normalized spacial score (nSPS) is 15.7. The zero-order valence-electron chi connectivity index (χ0n) is 18.7. The van der Waals surface area contributed by atoms with E-state index in [1.807, 2.05) is 12.1 Å². The molecule has 1 aliphatic rings. The minimum atomic E-state index is 0. The Hall–Kier alpha value is -1.22. The van der Waals surface area contributed by atoms with Gasteiger partial charge in [-0.15, -0.1) is 24.0 Å². The minimum absolute atomic E-state index is 0. The molecule has 1 aromatic carbocycles. The number of methoxy groups -OCH3 is 2. The predicted octanol–water partition coefficient (Wildman–Crippen LogP) is 3.54. The van der Waals surface area contributed by atoms with Gasteiger partial charge in [0, 0.05) is 19.1 Å². The van der Waals surface area contributed by atoms with Crippen molar-refractivity contribution >= 4 is 29.9 Å². The lowest BCUT2D eigenvalue weighted by atomic mass is 10.0. The van der Waals surface area contributed by atoms with Crippen molar-refractivity contribution < 1.29 is 9.47 Å². The second kappa shape index (κ2) is 13.9. The summed E-state index contributed by atoms with van der Waals surface area (Å²) < 4.78 is 10.7. The lowest BCUT2D eigenvalue weighted by molar-refractivity contribution is 0.197. The number of nitrogens with zero attached hydrogens (tertiary/aromatic N) is 2. The fourth-order valence-corrected chi connectivity index (χ4v) is 3.71. The first kappa shape index (κ1) is 25.8. The first-order chi connectivity index (χ1) is 13.6. The van der Waals surface area contributed by atoms with Gasteiger partial charge >= 0.3 is 0 Å². The monoisotopic (exact) mass is 518 g/mol. The average molecular weight is 518 g/mol. The summed E-state index contributed by atoms with van der Waals surface area (Å²) in [6.07, 6.45) is 3.53. The molecule has 1 atom stereocenters. The number of likely N-dealkylation sites (tertiary alicyclic amines) is 1. The van der Waals surface area contributed by atoms with Gasteiger partial charge < -0.3 is 20.1 Å². The second-order valence-corrected chi connectivity index (χ2v) is 7.64. The van der Waals surface area contributed by atoms with Crippen molar-refractivity contribution in [3.63, 3.8) is 0 Å². The Kier molecular flexibility index (Phi) is 12.4. The van der Waals surface area contributed by atoms with E-state index in [-0.39, 0.29) is 24.0 Å². The largest absolute Gasteiger partial charge is 0.493 e. The molecule has 2 N–H and O–H groups in total. The topological polar surface area (TPSA) is 58.1 Å². The van der Waals surface area contributed by atoms with E-state index in [0.29, 0.717) is 12.0 Å². The number of rotatable bonds is 10. The van der Waals surface area contributed by atoms with E-state index < -0.39 is 0 Å². The minimum Gasteiger partial charge on any atom is -0.493 e.